The van der Waals surface area contributed by atoms with Crippen molar-refractivity contribution in [2.24, 2.45) is 0 Å². The number of nitrogens with zero attached hydrogens (tertiary/aromatic N) is 1. The summed E-state index contributed by atoms with van der Waals surface area (Å²) >= 11 is 0. The first-order chi connectivity index (χ1) is 11.0. The van der Waals surface area contributed by atoms with Crippen molar-refractivity contribution in [3.63, 3.8) is 0 Å². The lowest BCUT2D eigenvalue weighted by Gasteiger charge is -2.20. The third-order valence-electron chi connectivity index (χ3n) is 3.09. The zero-order valence-corrected chi connectivity index (χ0v) is 13.4. The summed E-state index contributed by atoms with van der Waals surface area (Å²) in [5.41, 5.74) is 0.619. The number of amides is 1. The van der Waals surface area contributed by atoms with Crippen LogP contribution in [-0.4, -0.2) is 31.7 Å². The predicted octanol–water partition coefficient (Wildman–Crippen LogP) is 2.50. The summed E-state index contributed by atoms with van der Waals surface area (Å²) in [6.45, 7) is 3.34. The van der Waals surface area contributed by atoms with Crippen LogP contribution in [0.2, 0.25) is 0 Å². The molecule has 0 saturated carbocycles. The van der Waals surface area contributed by atoms with Crippen LogP contribution in [0.25, 0.3) is 0 Å². The third kappa shape index (κ3) is 4.51. The first-order valence-corrected chi connectivity index (χ1v) is 8.49. The van der Waals surface area contributed by atoms with Gasteiger partial charge in [0.05, 0.1) is 11.4 Å². The van der Waals surface area contributed by atoms with Crippen LogP contribution in [0.3, 0.4) is 0 Å². The van der Waals surface area contributed by atoms with E-state index in [-0.39, 0.29) is 18.0 Å². The zero-order valence-electron chi connectivity index (χ0n) is 12.6. The van der Waals surface area contributed by atoms with Gasteiger partial charge in [-0.25, -0.2) is 8.42 Å². The smallest absolute Gasteiger partial charge is 0.243 e. The molecule has 0 fully saturated rings. The number of carbonyl (C=O) groups is 1. The molecule has 0 unspecified atom stereocenters. The van der Waals surface area contributed by atoms with Gasteiger partial charge in [0, 0.05) is 12.2 Å². The molecule has 0 radical (unpaired) electrons. The van der Waals surface area contributed by atoms with E-state index < -0.39 is 15.9 Å². The first kappa shape index (κ1) is 16.9. The third-order valence-corrected chi connectivity index (χ3v) is 4.92. The number of nitrogens with one attached hydrogen (secondary N) is 1. The van der Waals surface area contributed by atoms with Crippen molar-refractivity contribution >= 4 is 21.6 Å². The van der Waals surface area contributed by atoms with E-state index in [9.17, 15) is 13.2 Å². The molecule has 0 bridgehead atoms. The maximum Gasteiger partial charge on any atom is 0.243 e. The summed E-state index contributed by atoms with van der Waals surface area (Å²) in [7, 11) is -3.75. The van der Waals surface area contributed by atoms with E-state index >= 15 is 0 Å². The summed E-state index contributed by atoms with van der Waals surface area (Å²) in [5.74, 6) is -0.405. The molecule has 0 heterocycles. The standard InChI is InChI=1S/C17H18N2O3S/c1-2-13-19(23(21,22)16-11-7-4-8-12-16)14-17(20)18-15-9-5-3-6-10-15/h2-12H,1,13-14H2,(H,18,20). The molecule has 2 aromatic carbocycles. The molecule has 0 atom stereocenters. The van der Waals surface area contributed by atoms with Crippen molar-refractivity contribution in [1.29, 1.82) is 0 Å². The second kappa shape index (κ2) is 7.71. The molecule has 23 heavy (non-hydrogen) atoms. The van der Waals surface area contributed by atoms with Gasteiger partial charge in [-0.15, -0.1) is 6.58 Å². The van der Waals surface area contributed by atoms with Gasteiger partial charge in [-0.1, -0.05) is 42.5 Å². The number of sulfonamides is 1. The summed E-state index contributed by atoms with van der Waals surface area (Å²) in [4.78, 5) is 12.3. The largest absolute Gasteiger partial charge is 0.325 e. The van der Waals surface area contributed by atoms with Crippen LogP contribution < -0.4 is 5.32 Å². The molecule has 1 amide bonds. The minimum absolute atomic E-state index is 0.0550. The fourth-order valence-corrected chi connectivity index (χ4v) is 3.40. The highest BCUT2D eigenvalue weighted by Gasteiger charge is 2.25. The van der Waals surface area contributed by atoms with Crippen molar-refractivity contribution in [3.05, 3.63) is 73.3 Å². The van der Waals surface area contributed by atoms with Gasteiger partial charge in [-0.05, 0) is 24.3 Å². The van der Waals surface area contributed by atoms with E-state index in [1.807, 2.05) is 6.07 Å². The Morgan fingerprint density at radius 2 is 1.61 bits per heavy atom. The van der Waals surface area contributed by atoms with Gasteiger partial charge >= 0.3 is 0 Å². The van der Waals surface area contributed by atoms with Crippen molar-refractivity contribution in [2.75, 3.05) is 18.4 Å². The zero-order chi connectivity index (χ0) is 16.7. The van der Waals surface area contributed by atoms with Gasteiger partial charge in [-0.2, -0.15) is 4.31 Å². The van der Waals surface area contributed by atoms with Crippen LogP contribution in [0.15, 0.2) is 78.2 Å². The minimum atomic E-state index is -3.75. The number of para-hydroxylation sites is 1. The highest BCUT2D eigenvalue weighted by molar-refractivity contribution is 7.89. The molecule has 6 heteroatoms. The van der Waals surface area contributed by atoms with Crippen molar-refractivity contribution in [1.82, 2.24) is 4.31 Å². The van der Waals surface area contributed by atoms with E-state index in [2.05, 4.69) is 11.9 Å². The molecule has 0 spiro atoms. The van der Waals surface area contributed by atoms with E-state index in [0.29, 0.717) is 5.69 Å². The van der Waals surface area contributed by atoms with Crippen LogP contribution >= 0.6 is 0 Å². The van der Waals surface area contributed by atoms with E-state index in [0.717, 1.165) is 4.31 Å². The number of anilines is 1. The Hall–Kier alpha value is -2.44. The predicted molar refractivity (Wildman–Crippen MR) is 90.5 cm³/mol. The molecule has 2 rings (SSSR count). The molecular weight excluding hydrogens is 312 g/mol. The number of carbonyl (C=O) groups excluding carboxylic acids is 1. The van der Waals surface area contributed by atoms with Gasteiger partial charge in [0.2, 0.25) is 15.9 Å². The summed E-state index contributed by atoms with van der Waals surface area (Å²) in [6.07, 6.45) is 1.45. The molecule has 0 aliphatic carbocycles. The molecule has 0 saturated heterocycles. The van der Waals surface area contributed by atoms with Crippen LogP contribution in [-0.2, 0) is 14.8 Å². The van der Waals surface area contributed by atoms with Crippen LogP contribution in [0.4, 0.5) is 5.69 Å². The molecule has 120 valence electrons. The number of rotatable bonds is 7. The lowest BCUT2D eigenvalue weighted by molar-refractivity contribution is -0.116. The molecule has 2 aromatic rings. The first-order valence-electron chi connectivity index (χ1n) is 7.05. The minimum Gasteiger partial charge on any atom is -0.325 e. The van der Waals surface area contributed by atoms with Crippen molar-refractivity contribution < 1.29 is 13.2 Å². The van der Waals surface area contributed by atoms with E-state index in [4.69, 9.17) is 0 Å². The average Bonchev–Trinajstić information content (AvgIpc) is 2.56. The van der Waals surface area contributed by atoms with Crippen LogP contribution in [0.5, 0.6) is 0 Å². The summed E-state index contributed by atoms with van der Waals surface area (Å²) in [6, 6.07) is 16.9. The lowest BCUT2D eigenvalue weighted by Crippen LogP contribution is -2.38. The number of benzene rings is 2. The van der Waals surface area contributed by atoms with Crippen molar-refractivity contribution in [2.45, 2.75) is 4.90 Å². The summed E-state index contributed by atoms with van der Waals surface area (Å²) < 4.78 is 26.3. The van der Waals surface area contributed by atoms with Crippen LogP contribution in [0.1, 0.15) is 0 Å². The lowest BCUT2D eigenvalue weighted by atomic mass is 10.3. The van der Waals surface area contributed by atoms with Gasteiger partial charge in [0.25, 0.3) is 0 Å². The molecular formula is C17H18N2O3S. The Labute approximate surface area is 136 Å². The Morgan fingerprint density at radius 1 is 1.04 bits per heavy atom. The fraction of sp³-hybridized carbons (Fsp3) is 0.118. The van der Waals surface area contributed by atoms with E-state index in [1.54, 1.807) is 42.5 Å². The topological polar surface area (TPSA) is 66.5 Å². The molecule has 0 aromatic heterocycles. The van der Waals surface area contributed by atoms with E-state index in [1.165, 1.54) is 18.2 Å². The van der Waals surface area contributed by atoms with Gasteiger partial charge in [0.1, 0.15) is 0 Å². The maximum absolute atomic E-state index is 12.6. The Morgan fingerprint density at radius 3 is 2.17 bits per heavy atom. The Kier molecular flexibility index (Phi) is 5.67. The monoisotopic (exact) mass is 330 g/mol. The highest BCUT2D eigenvalue weighted by Crippen LogP contribution is 2.15. The number of hydrogen-bond donors (Lipinski definition) is 1. The normalized spacial score (nSPS) is 11.2. The summed E-state index contributed by atoms with van der Waals surface area (Å²) in [5, 5.41) is 2.68. The molecule has 1 N–H and O–H groups in total. The maximum atomic E-state index is 12.6. The average molecular weight is 330 g/mol. The van der Waals surface area contributed by atoms with Gasteiger partial charge in [-0.3, -0.25) is 4.79 Å². The second-order valence-corrected chi connectivity index (χ2v) is 6.75. The second-order valence-electron chi connectivity index (χ2n) is 4.81. The SMILES string of the molecule is C=CCN(CC(=O)Nc1ccccc1)S(=O)(=O)c1ccccc1. The van der Waals surface area contributed by atoms with Crippen LogP contribution in [0, 0.1) is 0 Å². The Balaban J connectivity index is 2.15. The van der Waals surface area contributed by atoms with Crippen molar-refractivity contribution in [3.8, 4) is 0 Å². The highest BCUT2D eigenvalue weighted by atomic mass is 32.2. The molecule has 0 aliphatic rings. The molecule has 5 nitrogen and oxygen atoms in total. The number of hydrogen-bond acceptors (Lipinski definition) is 3. The molecule has 0 aliphatic heterocycles. The van der Waals surface area contributed by atoms with Gasteiger partial charge in [0.15, 0.2) is 0 Å². The Bertz CT molecular complexity index is 759. The fourth-order valence-electron chi connectivity index (χ4n) is 2.02. The quantitative estimate of drug-likeness (QED) is 0.793. The van der Waals surface area contributed by atoms with Gasteiger partial charge < -0.3 is 5.32 Å².